The van der Waals surface area contributed by atoms with Crippen LogP contribution in [0.25, 0.3) is 0 Å². The molecule has 1 aromatic heterocycles. The number of allylic oxidation sites excluding steroid dienone is 1. The molecule has 1 aromatic rings. The summed E-state index contributed by atoms with van der Waals surface area (Å²) in [6.07, 6.45) is 4.35. The van der Waals surface area contributed by atoms with E-state index in [1.165, 1.54) is 11.8 Å². The van der Waals surface area contributed by atoms with Crippen molar-refractivity contribution >= 4 is 40.2 Å². The van der Waals surface area contributed by atoms with Gasteiger partial charge in [-0.05, 0) is 31.4 Å². The molecule has 2 rings (SSSR count). The predicted molar refractivity (Wildman–Crippen MR) is 90.7 cm³/mol. The number of aliphatic carboxylic acids is 1. The van der Waals surface area contributed by atoms with Crippen LogP contribution in [0.1, 0.15) is 31.9 Å². The lowest BCUT2D eigenvalue weighted by Gasteiger charge is -2.10. The van der Waals surface area contributed by atoms with Crippen LogP contribution in [0.3, 0.4) is 0 Å². The number of hydrogen-bond acceptors (Lipinski definition) is 4. The van der Waals surface area contributed by atoms with Crippen molar-refractivity contribution in [2.75, 3.05) is 0 Å². The molecule has 0 spiro atoms. The van der Waals surface area contributed by atoms with E-state index in [1.807, 2.05) is 29.8 Å². The minimum atomic E-state index is -0.802. The van der Waals surface area contributed by atoms with E-state index in [4.69, 9.17) is 17.3 Å². The number of rotatable bonds is 7. The molecule has 2 N–H and O–H groups in total. The van der Waals surface area contributed by atoms with Crippen LogP contribution < -0.4 is 5.32 Å². The highest BCUT2D eigenvalue weighted by atomic mass is 32.2. The average molecular weight is 338 g/mol. The molecule has 22 heavy (non-hydrogen) atoms. The maximum absolute atomic E-state index is 11.8. The molecule has 0 radical (unpaired) electrons. The van der Waals surface area contributed by atoms with Gasteiger partial charge in [0.15, 0.2) is 0 Å². The Morgan fingerprint density at radius 2 is 2.23 bits per heavy atom. The molecule has 0 saturated carbocycles. The largest absolute Gasteiger partial charge is 0.481 e. The molecule has 0 bridgehead atoms. The van der Waals surface area contributed by atoms with Crippen molar-refractivity contribution < 1.29 is 14.7 Å². The molecule has 1 aliphatic rings. The van der Waals surface area contributed by atoms with Gasteiger partial charge in [-0.15, -0.1) is 0 Å². The van der Waals surface area contributed by atoms with Gasteiger partial charge < -0.3 is 15.0 Å². The molecule has 2 heterocycles. The van der Waals surface area contributed by atoms with Crippen LogP contribution in [0.4, 0.5) is 0 Å². The van der Waals surface area contributed by atoms with E-state index < -0.39 is 5.97 Å². The first-order valence-corrected chi connectivity index (χ1v) is 8.34. The number of carbonyl (C=O) groups excluding carboxylic acids is 1. The summed E-state index contributed by atoms with van der Waals surface area (Å²) in [7, 11) is 0. The van der Waals surface area contributed by atoms with E-state index in [1.54, 1.807) is 0 Å². The summed E-state index contributed by atoms with van der Waals surface area (Å²) in [4.78, 5) is 23.2. The van der Waals surface area contributed by atoms with Gasteiger partial charge in [-0.2, -0.15) is 0 Å². The lowest BCUT2D eigenvalue weighted by Crippen LogP contribution is -2.18. The van der Waals surface area contributed by atoms with Gasteiger partial charge in [0.25, 0.3) is 5.91 Å². The minimum absolute atomic E-state index is 0.104. The molecule has 5 nitrogen and oxygen atoms in total. The smallest absolute Gasteiger partial charge is 0.305 e. The molecular formula is C15H18N2O3S2. The van der Waals surface area contributed by atoms with Crippen LogP contribution in [0.2, 0.25) is 0 Å². The number of nitrogens with one attached hydrogen (secondary N) is 1. The van der Waals surface area contributed by atoms with Crippen LogP contribution in [0.5, 0.6) is 0 Å². The molecule has 7 heteroatoms. The van der Waals surface area contributed by atoms with Crippen LogP contribution in [-0.2, 0) is 22.6 Å². The van der Waals surface area contributed by atoms with Gasteiger partial charge in [-0.1, -0.05) is 36.5 Å². The number of amides is 1. The van der Waals surface area contributed by atoms with Crippen LogP contribution in [0.15, 0.2) is 28.8 Å². The van der Waals surface area contributed by atoms with Crippen LogP contribution >= 0.6 is 24.0 Å². The van der Waals surface area contributed by atoms with E-state index in [9.17, 15) is 9.59 Å². The zero-order valence-corrected chi connectivity index (χ0v) is 13.9. The number of carboxylic acid groups (broad SMARTS) is 1. The molecule has 118 valence electrons. The Morgan fingerprint density at radius 3 is 2.82 bits per heavy atom. The predicted octanol–water partition coefficient (Wildman–Crippen LogP) is 2.71. The van der Waals surface area contributed by atoms with Crippen molar-refractivity contribution in [3.8, 4) is 0 Å². The number of aryl methyl sites for hydroxylation is 2. The molecule has 1 amide bonds. The van der Waals surface area contributed by atoms with E-state index >= 15 is 0 Å². The highest BCUT2D eigenvalue weighted by Gasteiger charge is 2.25. The SMILES string of the molecule is CCC(CCc1cccn1CCC(=O)O)=C1SC(=S)NC1=O. The number of nitrogens with zero attached hydrogens (tertiary/aromatic N) is 1. The normalized spacial score (nSPS) is 16.8. The second kappa shape index (κ2) is 7.60. The van der Waals surface area contributed by atoms with Crippen molar-refractivity contribution in [2.24, 2.45) is 0 Å². The summed E-state index contributed by atoms with van der Waals surface area (Å²) in [6, 6.07) is 3.91. The number of thiocarbonyl (C=S) groups is 1. The zero-order chi connectivity index (χ0) is 16.1. The molecule has 1 fully saturated rings. The van der Waals surface area contributed by atoms with Crippen molar-refractivity contribution in [3.63, 3.8) is 0 Å². The van der Waals surface area contributed by atoms with Gasteiger partial charge in [-0.25, -0.2) is 0 Å². The third kappa shape index (κ3) is 4.20. The summed E-state index contributed by atoms with van der Waals surface area (Å²) in [6.45, 7) is 2.50. The Balaban J connectivity index is 2.04. The molecule has 0 aliphatic carbocycles. The van der Waals surface area contributed by atoms with Gasteiger partial charge in [0.2, 0.25) is 0 Å². The fraction of sp³-hybridized carbons (Fsp3) is 0.400. The topological polar surface area (TPSA) is 71.3 Å². The first-order valence-electron chi connectivity index (χ1n) is 7.12. The van der Waals surface area contributed by atoms with Crippen molar-refractivity contribution in [1.82, 2.24) is 9.88 Å². The molecule has 0 atom stereocenters. The maximum atomic E-state index is 11.8. The molecule has 1 saturated heterocycles. The van der Waals surface area contributed by atoms with E-state index in [0.29, 0.717) is 10.9 Å². The summed E-state index contributed by atoms with van der Waals surface area (Å²) < 4.78 is 2.47. The van der Waals surface area contributed by atoms with Gasteiger partial charge in [0, 0.05) is 18.4 Å². The monoisotopic (exact) mass is 338 g/mol. The number of carboxylic acids is 1. The summed E-state index contributed by atoms with van der Waals surface area (Å²) in [5.41, 5.74) is 2.17. The van der Waals surface area contributed by atoms with Crippen molar-refractivity contribution in [1.29, 1.82) is 0 Å². The maximum Gasteiger partial charge on any atom is 0.305 e. The Hall–Kier alpha value is -1.60. The Morgan fingerprint density at radius 1 is 1.45 bits per heavy atom. The third-order valence-corrected chi connectivity index (χ3v) is 4.86. The van der Waals surface area contributed by atoms with Crippen molar-refractivity contribution in [2.45, 2.75) is 39.2 Å². The number of hydrogen-bond donors (Lipinski definition) is 2. The first-order chi connectivity index (χ1) is 10.5. The lowest BCUT2D eigenvalue weighted by atomic mass is 10.1. The van der Waals surface area contributed by atoms with Gasteiger partial charge in [0.05, 0.1) is 11.3 Å². The summed E-state index contributed by atoms with van der Waals surface area (Å²) >= 11 is 6.35. The molecular weight excluding hydrogens is 320 g/mol. The first kappa shape index (κ1) is 16.8. The Labute approximate surface area is 138 Å². The fourth-order valence-electron chi connectivity index (χ4n) is 2.39. The molecule has 1 aliphatic heterocycles. The second-order valence-electron chi connectivity index (χ2n) is 4.97. The van der Waals surface area contributed by atoms with E-state index in [0.717, 1.165) is 35.4 Å². The van der Waals surface area contributed by atoms with E-state index in [2.05, 4.69) is 5.32 Å². The highest BCUT2D eigenvalue weighted by Crippen LogP contribution is 2.30. The van der Waals surface area contributed by atoms with Gasteiger partial charge in [-0.3, -0.25) is 9.59 Å². The van der Waals surface area contributed by atoms with Crippen molar-refractivity contribution in [3.05, 3.63) is 34.5 Å². The standard InChI is InChI=1S/C15H18N2O3S2/c1-2-10(13-14(20)16-15(21)22-13)5-6-11-4-3-8-17(11)9-7-12(18)19/h3-4,8H,2,5-7,9H2,1H3,(H,18,19)(H,16,20,21). The fourth-order valence-corrected chi connectivity index (χ4v) is 3.59. The summed E-state index contributed by atoms with van der Waals surface area (Å²) in [5.74, 6) is -0.906. The molecule has 0 unspecified atom stereocenters. The van der Waals surface area contributed by atoms with Gasteiger partial charge in [0.1, 0.15) is 4.32 Å². The van der Waals surface area contributed by atoms with E-state index in [-0.39, 0.29) is 12.3 Å². The number of carbonyl (C=O) groups is 2. The Kier molecular flexibility index (Phi) is 5.79. The quantitative estimate of drug-likeness (QED) is 0.591. The van der Waals surface area contributed by atoms with Gasteiger partial charge >= 0.3 is 5.97 Å². The summed E-state index contributed by atoms with van der Waals surface area (Å²) in [5, 5.41) is 11.4. The third-order valence-electron chi connectivity index (χ3n) is 3.54. The molecule has 0 aromatic carbocycles. The van der Waals surface area contributed by atoms with Crippen LogP contribution in [-0.4, -0.2) is 25.9 Å². The highest BCUT2D eigenvalue weighted by molar-refractivity contribution is 8.26. The second-order valence-corrected chi connectivity index (χ2v) is 6.65. The minimum Gasteiger partial charge on any atom is -0.481 e. The number of aromatic nitrogens is 1. The van der Waals surface area contributed by atoms with Crippen LogP contribution in [0, 0.1) is 0 Å². The average Bonchev–Trinajstić information content (AvgIpc) is 3.04. The zero-order valence-electron chi connectivity index (χ0n) is 12.3. The number of thioether (sulfide) groups is 1. The Bertz CT molecular complexity index is 634. The lowest BCUT2D eigenvalue weighted by molar-refractivity contribution is -0.137.